The number of benzene rings is 1. The Hall–Kier alpha value is -1.64. The summed E-state index contributed by atoms with van der Waals surface area (Å²) in [6.45, 7) is 2.00. The molecule has 1 saturated heterocycles. The smallest absolute Gasteiger partial charge is 0.265 e. The lowest BCUT2D eigenvalue weighted by atomic mass is 10.2. The summed E-state index contributed by atoms with van der Waals surface area (Å²) in [4.78, 5) is 26.9. The van der Waals surface area contributed by atoms with E-state index in [9.17, 15) is 18.0 Å². The van der Waals surface area contributed by atoms with Crippen LogP contribution >= 0.6 is 22.9 Å². The molecular weight excluding hydrogens is 396 g/mol. The van der Waals surface area contributed by atoms with E-state index in [1.807, 2.05) is 24.3 Å². The molecule has 140 valence electrons. The molecule has 0 spiro atoms. The highest BCUT2D eigenvalue weighted by molar-refractivity contribution is 7.91. The van der Waals surface area contributed by atoms with Crippen molar-refractivity contribution in [3.63, 3.8) is 0 Å². The van der Waals surface area contributed by atoms with Gasteiger partial charge in [0, 0.05) is 22.7 Å². The minimum Gasteiger partial charge on any atom is -0.351 e. The first-order valence-electron chi connectivity index (χ1n) is 8.27. The first-order valence-corrected chi connectivity index (χ1v) is 11.3. The van der Waals surface area contributed by atoms with E-state index in [-0.39, 0.29) is 35.9 Å². The summed E-state index contributed by atoms with van der Waals surface area (Å²) in [5.41, 5.74) is 0. The third-order valence-electron chi connectivity index (χ3n) is 4.33. The molecule has 1 aliphatic heterocycles. The van der Waals surface area contributed by atoms with Crippen molar-refractivity contribution in [1.82, 2.24) is 10.2 Å². The molecule has 0 aliphatic carbocycles. The maximum Gasteiger partial charge on any atom is 0.265 e. The van der Waals surface area contributed by atoms with Crippen LogP contribution in [0.5, 0.6) is 0 Å². The van der Waals surface area contributed by atoms with Crippen LogP contribution in [0.25, 0.3) is 10.1 Å². The van der Waals surface area contributed by atoms with Gasteiger partial charge in [-0.25, -0.2) is 8.42 Å². The molecule has 1 unspecified atom stereocenters. The lowest BCUT2D eigenvalue weighted by Crippen LogP contribution is -2.44. The van der Waals surface area contributed by atoms with Crippen LogP contribution in [0.1, 0.15) is 23.0 Å². The number of hydrogen-bond donors (Lipinski definition) is 1. The predicted octanol–water partition coefficient (Wildman–Crippen LogP) is 2.32. The molecule has 1 fully saturated rings. The Balaban J connectivity index is 1.70. The second-order valence-corrected chi connectivity index (χ2v) is 9.89. The monoisotopic (exact) mass is 414 g/mol. The third-order valence-corrected chi connectivity index (χ3v) is 7.76. The summed E-state index contributed by atoms with van der Waals surface area (Å²) in [7, 11) is -3.07. The molecule has 9 heteroatoms. The van der Waals surface area contributed by atoms with Gasteiger partial charge < -0.3 is 10.2 Å². The van der Waals surface area contributed by atoms with Crippen molar-refractivity contribution < 1.29 is 18.0 Å². The number of thiophene rings is 1. The van der Waals surface area contributed by atoms with Crippen LogP contribution in [0.3, 0.4) is 0 Å². The third kappa shape index (κ3) is 4.02. The number of carbonyl (C=O) groups excluding carboxylic acids is 2. The predicted molar refractivity (Wildman–Crippen MR) is 104 cm³/mol. The zero-order valence-corrected chi connectivity index (χ0v) is 16.6. The van der Waals surface area contributed by atoms with Gasteiger partial charge in [-0.3, -0.25) is 9.59 Å². The van der Waals surface area contributed by atoms with Crippen LogP contribution in [-0.2, 0) is 14.6 Å². The van der Waals surface area contributed by atoms with E-state index in [0.29, 0.717) is 22.9 Å². The molecule has 0 radical (unpaired) electrons. The zero-order chi connectivity index (χ0) is 18.9. The normalized spacial score (nSPS) is 18.8. The lowest BCUT2D eigenvalue weighted by Gasteiger charge is -2.21. The van der Waals surface area contributed by atoms with Gasteiger partial charge in [-0.15, -0.1) is 11.3 Å². The number of amides is 2. The Morgan fingerprint density at radius 2 is 2.08 bits per heavy atom. The molecule has 1 aromatic heterocycles. The molecule has 3 rings (SSSR count). The van der Waals surface area contributed by atoms with Crippen molar-refractivity contribution in [2.45, 2.75) is 19.4 Å². The Bertz CT molecular complexity index is 955. The Morgan fingerprint density at radius 1 is 1.35 bits per heavy atom. The minimum atomic E-state index is -3.07. The van der Waals surface area contributed by atoms with Gasteiger partial charge in [-0.2, -0.15) is 0 Å². The minimum absolute atomic E-state index is 0.0407. The summed E-state index contributed by atoms with van der Waals surface area (Å²) < 4.78 is 23.9. The second-order valence-electron chi connectivity index (χ2n) is 6.23. The molecule has 0 saturated carbocycles. The van der Waals surface area contributed by atoms with Crippen molar-refractivity contribution in [2.75, 3.05) is 24.6 Å². The number of carbonyl (C=O) groups is 2. The van der Waals surface area contributed by atoms with Crippen molar-refractivity contribution in [1.29, 1.82) is 0 Å². The van der Waals surface area contributed by atoms with Crippen molar-refractivity contribution >= 4 is 54.7 Å². The summed E-state index contributed by atoms with van der Waals surface area (Å²) in [5, 5.41) is 3.92. The highest BCUT2D eigenvalue weighted by Crippen LogP contribution is 2.35. The fourth-order valence-corrected chi connectivity index (χ4v) is 6.13. The fraction of sp³-hybridized carbons (Fsp3) is 0.412. The van der Waals surface area contributed by atoms with E-state index < -0.39 is 9.84 Å². The molecule has 2 aromatic rings. The number of rotatable bonds is 5. The van der Waals surface area contributed by atoms with Gasteiger partial charge in [-0.1, -0.05) is 29.8 Å². The quantitative estimate of drug-likeness (QED) is 0.813. The Morgan fingerprint density at radius 3 is 2.69 bits per heavy atom. The summed E-state index contributed by atoms with van der Waals surface area (Å²) >= 11 is 7.66. The lowest BCUT2D eigenvalue weighted by molar-refractivity contribution is -0.122. The van der Waals surface area contributed by atoms with Gasteiger partial charge in [0.05, 0.1) is 23.1 Å². The molecule has 1 atom stereocenters. The van der Waals surface area contributed by atoms with Crippen LogP contribution in [0, 0.1) is 0 Å². The van der Waals surface area contributed by atoms with E-state index in [1.54, 1.807) is 6.92 Å². The molecule has 26 heavy (non-hydrogen) atoms. The molecule has 1 N–H and O–H groups in total. The van der Waals surface area contributed by atoms with E-state index in [4.69, 9.17) is 11.6 Å². The number of fused-ring (bicyclic) bond motifs is 1. The van der Waals surface area contributed by atoms with Gasteiger partial charge in [0.2, 0.25) is 5.91 Å². The highest BCUT2D eigenvalue weighted by atomic mass is 35.5. The van der Waals surface area contributed by atoms with Crippen LogP contribution < -0.4 is 5.32 Å². The second kappa shape index (κ2) is 7.54. The summed E-state index contributed by atoms with van der Waals surface area (Å²) in [5.74, 6) is -0.611. The number of sulfone groups is 1. The van der Waals surface area contributed by atoms with Gasteiger partial charge in [0.15, 0.2) is 9.84 Å². The fourth-order valence-electron chi connectivity index (χ4n) is 2.98. The molecule has 0 bridgehead atoms. The highest BCUT2D eigenvalue weighted by Gasteiger charge is 2.30. The number of nitrogens with zero attached hydrogens (tertiary/aromatic N) is 1. The average Bonchev–Trinajstić information content (AvgIpc) is 3.11. The Labute approximate surface area is 161 Å². The maximum atomic E-state index is 12.8. The van der Waals surface area contributed by atoms with Crippen LogP contribution in [0.2, 0.25) is 5.02 Å². The molecule has 1 aliphatic rings. The molecular formula is C17H19ClN2O4S2. The van der Waals surface area contributed by atoms with Crippen molar-refractivity contribution in [2.24, 2.45) is 0 Å². The van der Waals surface area contributed by atoms with Gasteiger partial charge in [-0.05, 0) is 19.4 Å². The average molecular weight is 415 g/mol. The van der Waals surface area contributed by atoms with E-state index in [0.717, 1.165) is 10.1 Å². The summed E-state index contributed by atoms with van der Waals surface area (Å²) in [6.07, 6.45) is 0.413. The number of nitrogens with one attached hydrogen (secondary N) is 1. The molecule has 2 heterocycles. The van der Waals surface area contributed by atoms with Gasteiger partial charge in [0.25, 0.3) is 5.91 Å². The summed E-state index contributed by atoms with van der Waals surface area (Å²) in [6, 6.07) is 7.11. The van der Waals surface area contributed by atoms with Gasteiger partial charge in [0.1, 0.15) is 4.88 Å². The SMILES string of the molecule is CCN(CC(=O)NC1CCS(=O)(=O)C1)C(=O)c1sc2ccccc2c1Cl. The van der Waals surface area contributed by atoms with Crippen molar-refractivity contribution in [3.05, 3.63) is 34.2 Å². The number of hydrogen-bond acceptors (Lipinski definition) is 5. The van der Waals surface area contributed by atoms with Crippen LogP contribution in [-0.4, -0.2) is 55.8 Å². The molecule has 2 amide bonds. The van der Waals surface area contributed by atoms with Gasteiger partial charge >= 0.3 is 0 Å². The van der Waals surface area contributed by atoms with E-state index >= 15 is 0 Å². The van der Waals surface area contributed by atoms with E-state index in [1.165, 1.54) is 16.2 Å². The van der Waals surface area contributed by atoms with Crippen LogP contribution in [0.15, 0.2) is 24.3 Å². The standard InChI is InChI=1S/C17H19ClN2O4S2/c1-2-20(9-14(21)19-11-7-8-26(23,24)10-11)17(22)16-15(18)12-5-3-4-6-13(12)25-16/h3-6,11H,2,7-10H2,1H3,(H,19,21). The first kappa shape index (κ1) is 19.1. The zero-order valence-electron chi connectivity index (χ0n) is 14.2. The van der Waals surface area contributed by atoms with E-state index in [2.05, 4.69) is 5.32 Å². The Kier molecular flexibility index (Phi) is 5.55. The van der Waals surface area contributed by atoms with Crippen molar-refractivity contribution in [3.8, 4) is 0 Å². The molecule has 6 nitrogen and oxygen atoms in total. The first-order chi connectivity index (χ1) is 12.3. The maximum absolute atomic E-state index is 12.8. The van der Waals surface area contributed by atoms with Crippen LogP contribution in [0.4, 0.5) is 0 Å². The molecule has 1 aromatic carbocycles. The number of halogens is 1. The topological polar surface area (TPSA) is 83.6 Å². The number of likely N-dealkylation sites (N-methyl/N-ethyl adjacent to an activating group) is 1. The largest absolute Gasteiger partial charge is 0.351 e.